The number of hydrogen-bond acceptors (Lipinski definition) is 6. The number of pyridine rings is 1. The molecular formula is C27H18ClN7O. The number of aromatic nitrogens is 7. The minimum atomic E-state index is -0.206. The molecule has 1 atom stereocenters. The number of hydrogen-bond donors (Lipinski definition) is 0. The second-order valence-corrected chi connectivity index (χ2v) is 8.96. The molecule has 0 spiro atoms. The fourth-order valence-electron chi connectivity index (χ4n) is 4.72. The molecule has 0 saturated carbocycles. The van der Waals surface area contributed by atoms with Gasteiger partial charge in [-0.1, -0.05) is 48.0 Å². The van der Waals surface area contributed by atoms with E-state index in [1.165, 1.54) is 0 Å². The molecule has 4 aromatic heterocycles. The summed E-state index contributed by atoms with van der Waals surface area (Å²) in [6, 6.07) is 23.4. The van der Waals surface area contributed by atoms with Crippen LogP contribution in [0.25, 0.3) is 22.9 Å². The Kier molecular flexibility index (Phi) is 4.62. The van der Waals surface area contributed by atoms with Crippen LogP contribution in [0, 0.1) is 6.92 Å². The molecule has 1 aliphatic heterocycles. The van der Waals surface area contributed by atoms with Gasteiger partial charge in [-0.2, -0.15) is 5.10 Å². The molecule has 8 nitrogen and oxygen atoms in total. The van der Waals surface area contributed by atoms with Crippen LogP contribution in [0.2, 0.25) is 5.02 Å². The molecule has 2 aromatic carbocycles. The summed E-state index contributed by atoms with van der Waals surface area (Å²) in [5.74, 6) is 1.41. The van der Waals surface area contributed by atoms with Gasteiger partial charge in [0.25, 0.3) is 0 Å². The van der Waals surface area contributed by atoms with Gasteiger partial charge in [-0.25, -0.2) is 19.2 Å². The maximum Gasteiger partial charge on any atom is 0.230 e. The number of rotatable bonds is 3. The number of nitrogens with zero attached hydrogens (tertiary/aromatic N) is 7. The van der Waals surface area contributed by atoms with E-state index in [4.69, 9.17) is 26.4 Å². The van der Waals surface area contributed by atoms with Crippen LogP contribution in [0.3, 0.4) is 0 Å². The molecule has 0 fully saturated rings. The van der Waals surface area contributed by atoms with Gasteiger partial charge in [0, 0.05) is 11.2 Å². The van der Waals surface area contributed by atoms with Crippen molar-refractivity contribution >= 4 is 17.2 Å². The quantitative estimate of drug-likeness (QED) is 0.319. The van der Waals surface area contributed by atoms with Crippen LogP contribution < -0.4 is 4.74 Å². The number of halogens is 1. The van der Waals surface area contributed by atoms with Crippen molar-refractivity contribution in [2.75, 3.05) is 0 Å². The van der Waals surface area contributed by atoms with Gasteiger partial charge >= 0.3 is 0 Å². The second kappa shape index (κ2) is 8.00. The van der Waals surface area contributed by atoms with Crippen molar-refractivity contribution in [3.8, 4) is 29.0 Å². The first kappa shape index (κ1) is 20.8. The number of ether oxygens (including phenoxy) is 1. The van der Waals surface area contributed by atoms with Crippen molar-refractivity contribution < 1.29 is 4.74 Å². The maximum atomic E-state index is 6.45. The van der Waals surface area contributed by atoms with Crippen molar-refractivity contribution in [2.24, 2.45) is 0 Å². The normalized spacial score (nSPS) is 14.3. The SMILES string of the molecule is Cc1nn(-c2ccc(Cl)cc2)c2c1[C@H](c1ccccc1)c1c(ncn3nc(-c4ccccn4)nc13)O2. The van der Waals surface area contributed by atoms with E-state index in [0.717, 1.165) is 28.1 Å². The van der Waals surface area contributed by atoms with Crippen molar-refractivity contribution in [2.45, 2.75) is 12.8 Å². The van der Waals surface area contributed by atoms with Crippen molar-refractivity contribution in [1.29, 1.82) is 0 Å². The van der Waals surface area contributed by atoms with E-state index in [0.29, 0.717) is 33.9 Å². The number of aryl methyl sites for hydroxylation is 1. The number of benzene rings is 2. The van der Waals surface area contributed by atoms with E-state index >= 15 is 0 Å². The Morgan fingerprint density at radius 3 is 2.44 bits per heavy atom. The Bertz CT molecular complexity index is 1730. The van der Waals surface area contributed by atoms with Gasteiger partial charge in [-0.15, -0.1) is 5.10 Å². The van der Waals surface area contributed by atoms with Gasteiger partial charge in [0.2, 0.25) is 17.6 Å². The molecule has 0 radical (unpaired) electrons. The van der Waals surface area contributed by atoms with Gasteiger partial charge in [0.05, 0.1) is 28.4 Å². The Morgan fingerprint density at radius 1 is 0.861 bits per heavy atom. The predicted molar refractivity (Wildman–Crippen MR) is 135 cm³/mol. The van der Waals surface area contributed by atoms with Crippen LogP contribution in [0.1, 0.15) is 28.3 Å². The highest BCUT2D eigenvalue weighted by Gasteiger charge is 2.38. The Balaban J connectivity index is 1.48. The summed E-state index contributed by atoms with van der Waals surface area (Å²) >= 11 is 6.13. The third-order valence-corrected chi connectivity index (χ3v) is 6.57. The molecule has 6 aromatic rings. The van der Waals surface area contributed by atoms with Crippen LogP contribution >= 0.6 is 11.6 Å². The molecule has 0 unspecified atom stereocenters. The van der Waals surface area contributed by atoms with E-state index in [-0.39, 0.29) is 5.92 Å². The molecule has 0 aliphatic carbocycles. The first-order valence-corrected chi connectivity index (χ1v) is 11.8. The highest BCUT2D eigenvalue weighted by Crippen LogP contribution is 2.49. The van der Waals surface area contributed by atoms with Crippen molar-refractivity contribution in [3.05, 3.63) is 113 Å². The standard InChI is InChI=1S/C27H18ClN7O/c1-16-21-22(17-7-3-2-4-8-17)23-25-31-24(20-9-5-6-14-29-20)33-34(25)15-30-26(23)36-27(21)35(32-16)19-12-10-18(28)11-13-19/h2-15,22H,1H3/t22-/m0/s1. The molecular weight excluding hydrogens is 474 g/mol. The molecule has 0 bridgehead atoms. The Morgan fingerprint density at radius 2 is 1.67 bits per heavy atom. The summed E-state index contributed by atoms with van der Waals surface area (Å²) in [7, 11) is 0. The fourth-order valence-corrected chi connectivity index (χ4v) is 4.84. The van der Waals surface area contributed by atoms with Gasteiger partial charge in [-0.3, -0.25) is 4.98 Å². The smallest absolute Gasteiger partial charge is 0.230 e. The molecule has 0 amide bonds. The molecule has 9 heteroatoms. The average molecular weight is 492 g/mol. The average Bonchev–Trinajstić information content (AvgIpc) is 3.50. The molecule has 36 heavy (non-hydrogen) atoms. The maximum absolute atomic E-state index is 6.45. The van der Waals surface area contributed by atoms with Gasteiger partial charge in [0.1, 0.15) is 12.0 Å². The summed E-state index contributed by atoms with van der Waals surface area (Å²) < 4.78 is 9.94. The Labute approximate surface area is 210 Å². The van der Waals surface area contributed by atoms with E-state index in [1.807, 2.05) is 67.6 Å². The summed E-state index contributed by atoms with van der Waals surface area (Å²) in [6.07, 6.45) is 3.35. The van der Waals surface area contributed by atoms with Crippen LogP contribution in [0.15, 0.2) is 85.3 Å². The van der Waals surface area contributed by atoms with E-state index in [1.54, 1.807) is 21.7 Å². The predicted octanol–water partition coefficient (Wildman–Crippen LogP) is 5.62. The van der Waals surface area contributed by atoms with E-state index in [2.05, 4.69) is 27.2 Å². The molecule has 7 rings (SSSR count). The van der Waals surface area contributed by atoms with Crippen LogP contribution in [0.4, 0.5) is 0 Å². The van der Waals surface area contributed by atoms with Crippen molar-refractivity contribution in [1.82, 2.24) is 34.3 Å². The molecule has 0 saturated heterocycles. The van der Waals surface area contributed by atoms with E-state index in [9.17, 15) is 0 Å². The fraction of sp³-hybridized carbons (Fsp3) is 0.0741. The van der Waals surface area contributed by atoms with Gasteiger partial charge in [0.15, 0.2) is 5.65 Å². The van der Waals surface area contributed by atoms with Crippen LogP contribution in [-0.2, 0) is 0 Å². The summed E-state index contributed by atoms with van der Waals surface area (Å²) in [4.78, 5) is 13.9. The zero-order valence-corrected chi connectivity index (χ0v) is 19.8. The lowest BCUT2D eigenvalue weighted by Crippen LogP contribution is -2.16. The topological polar surface area (TPSA) is 83.0 Å². The largest absolute Gasteiger partial charge is 0.420 e. The third-order valence-electron chi connectivity index (χ3n) is 6.32. The van der Waals surface area contributed by atoms with Crippen LogP contribution in [-0.4, -0.2) is 34.3 Å². The Hall–Kier alpha value is -4.56. The second-order valence-electron chi connectivity index (χ2n) is 8.52. The first-order valence-electron chi connectivity index (χ1n) is 11.4. The number of fused-ring (bicyclic) bond motifs is 4. The van der Waals surface area contributed by atoms with E-state index < -0.39 is 0 Å². The molecule has 0 N–H and O–H groups in total. The minimum absolute atomic E-state index is 0.206. The van der Waals surface area contributed by atoms with Crippen molar-refractivity contribution in [3.63, 3.8) is 0 Å². The molecule has 5 heterocycles. The monoisotopic (exact) mass is 491 g/mol. The summed E-state index contributed by atoms with van der Waals surface area (Å²) in [6.45, 7) is 1.99. The first-order chi connectivity index (χ1) is 17.7. The summed E-state index contributed by atoms with van der Waals surface area (Å²) in [5, 5.41) is 10.2. The lowest BCUT2D eigenvalue weighted by Gasteiger charge is -2.26. The van der Waals surface area contributed by atoms with Gasteiger partial charge < -0.3 is 4.74 Å². The molecule has 174 valence electrons. The molecule has 1 aliphatic rings. The summed E-state index contributed by atoms with van der Waals surface area (Å²) in [5.41, 5.74) is 5.94. The minimum Gasteiger partial charge on any atom is -0.420 e. The highest BCUT2D eigenvalue weighted by molar-refractivity contribution is 6.30. The zero-order valence-electron chi connectivity index (χ0n) is 19.1. The van der Waals surface area contributed by atoms with Crippen LogP contribution in [0.5, 0.6) is 11.8 Å². The third kappa shape index (κ3) is 3.19. The zero-order chi connectivity index (χ0) is 24.2. The highest BCUT2D eigenvalue weighted by atomic mass is 35.5. The lowest BCUT2D eigenvalue weighted by molar-refractivity contribution is 0.402. The van der Waals surface area contributed by atoms with Gasteiger partial charge in [-0.05, 0) is 48.9 Å². The lowest BCUT2D eigenvalue weighted by atomic mass is 9.84.